The van der Waals surface area contributed by atoms with Gasteiger partial charge in [-0.3, -0.25) is 4.79 Å². The molecule has 4 aromatic rings. The lowest BCUT2D eigenvalue weighted by Gasteiger charge is -2.11. The van der Waals surface area contributed by atoms with Crippen LogP contribution in [0.1, 0.15) is 22.4 Å². The standard InChI is InChI=1S/C22H19F2N3O2/c1-13-6-8-15(9-7-13)20-19(12-28)27-21(29)14(2)10-26(22(27)25-20)11-16-17(23)4-3-5-18(16)24/h3-10,28H,11-12H2,1-2H3. The van der Waals surface area contributed by atoms with E-state index in [4.69, 9.17) is 0 Å². The van der Waals surface area contributed by atoms with E-state index >= 15 is 0 Å². The van der Waals surface area contributed by atoms with Gasteiger partial charge >= 0.3 is 0 Å². The zero-order valence-electron chi connectivity index (χ0n) is 16.0. The molecule has 7 heteroatoms. The molecule has 0 saturated carbocycles. The topological polar surface area (TPSA) is 59.5 Å². The number of aryl methyl sites for hydroxylation is 2. The summed E-state index contributed by atoms with van der Waals surface area (Å²) in [6, 6.07) is 11.2. The van der Waals surface area contributed by atoms with Gasteiger partial charge in [-0.05, 0) is 26.0 Å². The number of aliphatic hydroxyl groups excluding tert-OH is 1. The number of halogens is 2. The lowest BCUT2D eigenvalue weighted by atomic mass is 10.1. The van der Waals surface area contributed by atoms with Crippen molar-refractivity contribution in [3.05, 3.63) is 93.0 Å². The van der Waals surface area contributed by atoms with E-state index in [1.165, 1.54) is 33.4 Å². The van der Waals surface area contributed by atoms with Gasteiger partial charge in [0.25, 0.3) is 5.56 Å². The van der Waals surface area contributed by atoms with Crippen LogP contribution in [0.2, 0.25) is 0 Å². The second-order valence-corrected chi connectivity index (χ2v) is 7.01. The highest BCUT2D eigenvalue weighted by atomic mass is 19.1. The molecule has 0 amide bonds. The Morgan fingerprint density at radius 3 is 2.31 bits per heavy atom. The van der Waals surface area contributed by atoms with Crippen molar-refractivity contribution in [3.63, 3.8) is 0 Å². The first-order valence-corrected chi connectivity index (χ1v) is 9.13. The number of benzene rings is 2. The lowest BCUT2D eigenvalue weighted by Crippen LogP contribution is -2.22. The van der Waals surface area contributed by atoms with Crippen LogP contribution in [-0.4, -0.2) is 19.1 Å². The minimum atomic E-state index is -0.674. The maximum atomic E-state index is 14.2. The van der Waals surface area contributed by atoms with Crippen molar-refractivity contribution in [1.82, 2.24) is 14.0 Å². The van der Waals surface area contributed by atoms with Gasteiger partial charge in [0.05, 0.1) is 24.5 Å². The van der Waals surface area contributed by atoms with E-state index in [9.17, 15) is 18.7 Å². The first-order valence-electron chi connectivity index (χ1n) is 9.13. The lowest BCUT2D eigenvalue weighted by molar-refractivity contribution is 0.276. The molecule has 2 aromatic carbocycles. The molecule has 4 rings (SSSR count). The minimum Gasteiger partial charge on any atom is -0.390 e. The maximum Gasteiger partial charge on any atom is 0.262 e. The van der Waals surface area contributed by atoms with Gasteiger partial charge in [-0.1, -0.05) is 35.9 Å². The summed E-state index contributed by atoms with van der Waals surface area (Å²) in [5.74, 6) is -1.14. The van der Waals surface area contributed by atoms with Crippen LogP contribution in [0.25, 0.3) is 17.0 Å². The quantitative estimate of drug-likeness (QED) is 0.574. The van der Waals surface area contributed by atoms with E-state index in [2.05, 4.69) is 4.98 Å². The molecule has 0 radical (unpaired) electrons. The van der Waals surface area contributed by atoms with Crippen LogP contribution in [0.4, 0.5) is 8.78 Å². The Morgan fingerprint density at radius 2 is 1.69 bits per heavy atom. The molecule has 0 aliphatic carbocycles. The molecule has 2 heterocycles. The SMILES string of the molecule is Cc1ccc(-c2nc3n(Cc4c(F)cccc4F)cc(C)c(=O)n3c2CO)cc1. The second-order valence-electron chi connectivity index (χ2n) is 7.01. The van der Waals surface area contributed by atoms with Gasteiger partial charge in [-0.25, -0.2) is 18.2 Å². The highest BCUT2D eigenvalue weighted by Gasteiger charge is 2.20. The Bertz CT molecular complexity index is 1250. The molecule has 0 unspecified atom stereocenters. The predicted molar refractivity (Wildman–Crippen MR) is 106 cm³/mol. The summed E-state index contributed by atoms with van der Waals surface area (Å²) in [5, 5.41) is 9.98. The smallest absolute Gasteiger partial charge is 0.262 e. The molecule has 29 heavy (non-hydrogen) atoms. The summed E-state index contributed by atoms with van der Waals surface area (Å²) < 4.78 is 31.2. The molecular weight excluding hydrogens is 376 g/mol. The molecule has 0 atom stereocenters. The Balaban J connectivity index is 1.98. The summed E-state index contributed by atoms with van der Waals surface area (Å²) in [7, 11) is 0. The molecule has 0 fully saturated rings. The first-order chi connectivity index (χ1) is 13.9. The van der Waals surface area contributed by atoms with Crippen LogP contribution >= 0.6 is 0 Å². The average Bonchev–Trinajstić information content (AvgIpc) is 3.09. The predicted octanol–water partition coefficient (Wildman–Crippen LogP) is 3.60. The molecule has 0 spiro atoms. The summed E-state index contributed by atoms with van der Waals surface area (Å²) in [5.41, 5.74) is 2.51. The molecular formula is C22H19F2N3O2. The second kappa shape index (κ2) is 7.25. The Labute approximate surface area is 165 Å². The summed E-state index contributed by atoms with van der Waals surface area (Å²) in [4.78, 5) is 17.4. The normalized spacial score (nSPS) is 11.3. The number of fused-ring (bicyclic) bond motifs is 1. The summed E-state index contributed by atoms with van der Waals surface area (Å²) in [6.07, 6.45) is 1.52. The van der Waals surface area contributed by atoms with Crippen molar-refractivity contribution in [2.75, 3.05) is 0 Å². The van der Waals surface area contributed by atoms with E-state index in [-0.39, 0.29) is 23.4 Å². The van der Waals surface area contributed by atoms with Crippen LogP contribution in [0.5, 0.6) is 0 Å². The maximum absolute atomic E-state index is 14.2. The number of hydrogen-bond acceptors (Lipinski definition) is 3. The van der Waals surface area contributed by atoms with Gasteiger partial charge in [0.2, 0.25) is 5.78 Å². The van der Waals surface area contributed by atoms with E-state index in [0.717, 1.165) is 11.1 Å². The fourth-order valence-electron chi connectivity index (χ4n) is 3.43. The number of imidazole rings is 1. The summed E-state index contributed by atoms with van der Waals surface area (Å²) >= 11 is 0. The van der Waals surface area contributed by atoms with Crippen molar-refractivity contribution < 1.29 is 13.9 Å². The molecule has 0 aliphatic rings. The number of hydrogen-bond donors (Lipinski definition) is 1. The Morgan fingerprint density at radius 1 is 1.03 bits per heavy atom. The molecule has 5 nitrogen and oxygen atoms in total. The monoisotopic (exact) mass is 395 g/mol. The highest BCUT2D eigenvalue weighted by molar-refractivity contribution is 5.66. The third-order valence-electron chi connectivity index (χ3n) is 4.97. The Hall–Kier alpha value is -3.32. The average molecular weight is 395 g/mol. The van der Waals surface area contributed by atoms with Gasteiger partial charge < -0.3 is 9.67 Å². The van der Waals surface area contributed by atoms with E-state index < -0.39 is 18.2 Å². The minimum absolute atomic E-state index is 0.122. The first kappa shape index (κ1) is 19.0. The zero-order valence-corrected chi connectivity index (χ0v) is 16.0. The largest absolute Gasteiger partial charge is 0.390 e. The fraction of sp³-hybridized carbons (Fsp3) is 0.182. The van der Waals surface area contributed by atoms with Gasteiger partial charge in [0, 0.05) is 22.9 Å². The van der Waals surface area contributed by atoms with E-state index in [1.807, 2.05) is 31.2 Å². The van der Waals surface area contributed by atoms with Crippen LogP contribution < -0.4 is 5.56 Å². The van der Waals surface area contributed by atoms with E-state index in [1.54, 1.807) is 6.92 Å². The van der Waals surface area contributed by atoms with Crippen LogP contribution in [-0.2, 0) is 13.2 Å². The molecule has 1 N–H and O–H groups in total. The van der Waals surface area contributed by atoms with Gasteiger partial charge in [-0.15, -0.1) is 0 Å². The zero-order chi connectivity index (χ0) is 20.7. The fourth-order valence-corrected chi connectivity index (χ4v) is 3.43. The molecule has 0 saturated heterocycles. The number of aromatic nitrogens is 3. The number of aliphatic hydroxyl groups is 1. The van der Waals surface area contributed by atoms with Crippen molar-refractivity contribution in [1.29, 1.82) is 0 Å². The summed E-state index contributed by atoms with van der Waals surface area (Å²) in [6.45, 7) is 3.02. The Kier molecular flexibility index (Phi) is 4.76. The highest BCUT2D eigenvalue weighted by Crippen LogP contribution is 2.25. The van der Waals surface area contributed by atoms with Crippen LogP contribution in [0.3, 0.4) is 0 Å². The van der Waals surface area contributed by atoms with Crippen molar-refractivity contribution in [2.24, 2.45) is 0 Å². The van der Waals surface area contributed by atoms with E-state index in [0.29, 0.717) is 17.0 Å². The van der Waals surface area contributed by atoms with Gasteiger partial charge in [0.15, 0.2) is 0 Å². The molecule has 0 aliphatic heterocycles. The van der Waals surface area contributed by atoms with Crippen molar-refractivity contribution in [3.8, 4) is 11.3 Å². The van der Waals surface area contributed by atoms with Crippen molar-refractivity contribution in [2.45, 2.75) is 27.0 Å². The van der Waals surface area contributed by atoms with Crippen molar-refractivity contribution >= 4 is 5.78 Å². The molecule has 2 aromatic heterocycles. The van der Waals surface area contributed by atoms with Crippen LogP contribution in [0, 0.1) is 25.5 Å². The number of rotatable bonds is 4. The number of nitrogens with zero attached hydrogens (tertiary/aromatic N) is 3. The molecule has 0 bridgehead atoms. The molecule has 148 valence electrons. The van der Waals surface area contributed by atoms with Crippen LogP contribution in [0.15, 0.2) is 53.5 Å². The van der Waals surface area contributed by atoms with Gasteiger partial charge in [-0.2, -0.15) is 0 Å². The third-order valence-corrected chi connectivity index (χ3v) is 4.97. The third kappa shape index (κ3) is 3.23. The van der Waals surface area contributed by atoms with Gasteiger partial charge in [0.1, 0.15) is 11.6 Å².